The van der Waals surface area contributed by atoms with Crippen molar-refractivity contribution in [2.24, 2.45) is 11.8 Å². The van der Waals surface area contributed by atoms with Crippen molar-refractivity contribution in [1.29, 1.82) is 0 Å². The Bertz CT molecular complexity index is 695. The summed E-state index contributed by atoms with van der Waals surface area (Å²) in [6, 6.07) is 3.70. The van der Waals surface area contributed by atoms with Gasteiger partial charge in [0.25, 0.3) is 0 Å². The summed E-state index contributed by atoms with van der Waals surface area (Å²) in [6.45, 7) is 13.5. The van der Waals surface area contributed by atoms with Gasteiger partial charge < -0.3 is 9.47 Å². The first kappa shape index (κ1) is 28.2. The van der Waals surface area contributed by atoms with E-state index in [1.165, 1.54) is 0 Å². The number of unbranched alkanes of at least 4 members (excludes halogenated alkanes) is 2. The van der Waals surface area contributed by atoms with Crippen LogP contribution in [-0.2, 0) is 22.3 Å². The number of esters is 2. The minimum Gasteiger partial charge on any atom is -0.462 e. The van der Waals surface area contributed by atoms with E-state index < -0.39 is 11.9 Å². The highest BCUT2D eigenvalue weighted by molar-refractivity contribution is 6.04. The topological polar surface area (TPSA) is 52.6 Å². The van der Waals surface area contributed by atoms with Crippen molar-refractivity contribution < 1.29 is 19.1 Å². The summed E-state index contributed by atoms with van der Waals surface area (Å²) in [6.07, 6.45) is 10.1. The van der Waals surface area contributed by atoms with Crippen LogP contribution in [0.2, 0.25) is 0 Å². The summed E-state index contributed by atoms with van der Waals surface area (Å²) in [7, 11) is 0. The minimum atomic E-state index is -0.415. The second-order valence-electron chi connectivity index (χ2n) is 8.86. The second kappa shape index (κ2) is 15.9. The molecule has 1 rings (SSSR count). The van der Waals surface area contributed by atoms with Crippen LogP contribution in [0, 0.1) is 11.8 Å². The number of hydrogen-bond acceptors (Lipinski definition) is 4. The monoisotopic (exact) mass is 446 g/mol. The molecule has 4 nitrogen and oxygen atoms in total. The summed E-state index contributed by atoms with van der Waals surface area (Å²) < 4.78 is 11.5. The number of rotatable bonds is 16. The molecule has 0 heterocycles. The quantitative estimate of drug-likeness (QED) is 0.246. The molecule has 0 spiro atoms. The highest BCUT2D eigenvalue weighted by Crippen LogP contribution is 2.25. The molecule has 32 heavy (non-hydrogen) atoms. The third-order valence-electron chi connectivity index (χ3n) is 6.56. The Labute approximate surface area is 196 Å². The van der Waals surface area contributed by atoms with E-state index in [1.807, 2.05) is 13.0 Å². The van der Waals surface area contributed by atoms with Crippen molar-refractivity contribution in [3.8, 4) is 0 Å². The molecular formula is C28H46O4. The zero-order chi connectivity index (χ0) is 23.9. The SMILES string of the molecule is CCCCC(CC)COC(=O)c1ccc(CC)c(CC)c1C(=O)OCC(CC)CCCC. The fourth-order valence-electron chi connectivity index (χ4n) is 4.16. The minimum absolute atomic E-state index is 0.344. The van der Waals surface area contributed by atoms with Gasteiger partial charge in [0.1, 0.15) is 0 Å². The summed E-state index contributed by atoms with van der Waals surface area (Å²) in [4.78, 5) is 26.3. The molecular weight excluding hydrogens is 400 g/mol. The Morgan fingerprint density at radius 3 is 1.72 bits per heavy atom. The molecule has 0 saturated carbocycles. The van der Waals surface area contributed by atoms with E-state index in [0.717, 1.165) is 68.9 Å². The summed E-state index contributed by atoms with van der Waals surface area (Å²) >= 11 is 0. The van der Waals surface area contributed by atoms with Crippen molar-refractivity contribution in [3.05, 3.63) is 34.4 Å². The zero-order valence-corrected chi connectivity index (χ0v) is 21.4. The van der Waals surface area contributed by atoms with Gasteiger partial charge in [0.05, 0.1) is 24.3 Å². The molecule has 0 N–H and O–H groups in total. The largest absolute Gasteiger partial charge is 0.462 e. The van der Waals surface area contributed by atoms with E-state index in [4.69, 9.17) is 9.47 Å². The predicted molar refractivity (Wildman–Crippen MR) is 132 cm³/mol. The average molecular weight is 447 g/mol. The van der Waals surface area contributed by atoms with Crippen LogP contribution in [0.3, 0.4) is 0 Å². The fraction of sp³-hybridized carbons (Fsp3) is 0.714. The van der Waals surface area contributed by atoms with Gasteiger partial charge in [0.15, 0.2) is 0 Å². The van der Waals surface area contributed by atoms with Crippen molar-refractivity contribution >= 4 is 11.9 Å². The van der Waals surface area contributed by atoms with Gasteiger partial charge >= 0.3 is 11.9 Å². The molecule has 0 radical (unpaired) electrons. The highest BCUT2D eigenvalue weighted by atomic mass is 16.5. The molecule has 0 aromatic heterocycles. The van der Waals surface area contributed by atoms with Gasteiger partial charge in [-0.05, 0) is 54.7 Å². The molecule has 2 atom stereocenters. The van der Waals surface area contributed by atoms with Crippen LogP contribution in [0.1, 0.15) is 125 Å². The first-order chi connectivity index (χ1) is 15.5. The van der Waals surface area contributed by atoms with Gasteiger partial charge in [-0.1, -0.05) is 86.1 Å². The molecule has 4 heteroatoms. The van der Waals surface area contributed by atoms with E-state index in [-0.39, 0.29) is 0 Å². The summed E-state index contributed by atoms with van der Waals surface area (Å²) in [5.41, 5.74) is 2.75. The molecule has 1 aromatic rings. The van der Waals surface area contributed by atoms with Crippen molar-refractivity contribution in [1.82, 2.24) is 0 Å². The molecule has 0 amide bonds. The van der Waals surface area contributed by atoms with E-state index in [2.05, 4.69) is 34.6 Å². The molecule has 0 fully saturated rings. The van der Waals surface area contributed by atoms with Crippen molar-refractivity contribution in [2.75, 3.05) is 13.2 Å². The van der Waals surface area contributed by atoms with E-state index in [1.54, 1.807) is 6.07 Å². The Morgan fingerprint density at radius 1 is 0.750 bits per heavy atom. The maximum atomic E-state index is 13.2. The Kier molecular flexibility index (Phi) is 14.0. The van der Waals surface area contributed by atoms with E-state index >= 15 is 0 Å². The molecule has 0 aliphatic heterocycles. The van der Waals surface area contributed by atoms with Crippen LogP contribution in [0.15, 0.2) is 12.1 Å². The van der Waals surface area contributed by atoms with Crippen LogP contribution in [0.25, 0.3) is 0 Å². The standard InChI is InChI=1S/C28H46O4/c1-7-13-15-21(9-3)19-31-27(29)25-18-17-23(11-5)24(12-6)26(25)28(30)32-20-22(10-4)16-14-8-2/h17-18,21-22H,7-16,19-20H2,1-6H3. The van der Waals surface area contributed by atoms with Gasteiger partial charge in [-0.3, -0.25) is 0 Å². The van der Waals surface area contributed by atoms with Crippen LogP contribution < -0.4 is 0 Å². The lowest BCUT2D eigenvalue weighted by Crippen LogP contribution is -2.21. The van der Waals surface area contributed by atoms with Crippen LogP contribution in [-0.4, -0.2) is 25.2 Å². The molecule has 182 valence electrons. The maximum absolute atomic E-state index is 13.2. The Balaban J connectivity index is 3.09. The number of ether oxygens (including phenoxy) is 2. The smallest absolute Gasteiger partial charge is 0.339 e. The lowest BCUT2D eigenvalue weighted by molar-refractivity contribution is 0.0380. The highest BCUT2D eigenvalue weighted by Gasteiger charge is 2.25. The first-order valence-electron chi connectivity index (χ1n) is 13.0. The molecule has 0 saturated heterocycles. The van der Waals surface area contributed by atoms with Gasteiger partial charge in [-0.2, -0.15) is 0 Å². The lowest BCUT2D eigenvalue weighted by atomic mass is 9.92. The Morgan fingerprint density at radius 2 is 1.28 bits per heavy atom. The lowest BCUT2D eigenvalue weighted by Gasteiger charge is -2.19. The normalized spacial score (nSPS) is 12.9. The summed E-state index contributed by atoms with van der Waals surface area (Å²) in [5, 5.41) is 0. The van der Waals surface area contributed by atoms with Gasteiger partial charge in [-0.15, -0.1) is 0 Å². The molecule has 1 aromatic carbocycles. The van der Waals surface area contributed by atoms with Crippen LogP contribution in [0.4, 0.5) is 0 Å². The van der Waals surface area contributed by atoms with Gasteiger partial charge in [-0.25, -0.2) is 9.59 Å². The molecule has 0 bridgehead atoms. The van der Waals surface area contributed by atoms with Gasteiger partial charge in [0, 0.05) is 0 Å². The number of hydrogen-bond donors (Lipinski definition) is 0. The number of benzene rings is 1. The van der Waals surface area contributed by atoms with Gasteiger partial charge in [0.2, 0.25) is 0 Å². The Hall–Kier alpha value is -1.84. The maximum Gasteiger partial charge on any atom is 0.339 e. The average Bonchev–Trinajstić information content (AvgIpc) is 2.82. The third kappa shape index (κ3) is 8.60. The first-order valence-corrected chi connectivity index (χ1v) is 13.0. The van der Waals surface area contributed by atoms with Crippen LogP contribution >= 0.6 is 0 Å². The predicted octanol–water partition coefficient (Wildman–Crippen LogP) is 7.56. The van der Waals surface area contributed by atoms with E-state index in [9.17, 15) is 9.59 Å². The van der Waals surface area contributed by atoms with Crippen molar-refractivity contribution in [2.45, 2.75) is 106 Å². The molecule has 2 unspecified atom stereocenters. The molecule has 0 aliphatic rings. The van der Waals surface area contributed by atoms with Crippen molar-refractivity contribution in [3.63, 3.8) is 0 Å². The number of aryl methyl sites for hydroxylation is 1. The van der Waals surface area contributed by atoms with Crippen LogP contribution in [0.5, 0.6) is 0 Å². The summed E-state index contributed by atoms with van der Waals surface area (Å²) in [5.74, 6) is -0.0873. The molecule has 0 aliphatic carbocycles. The zero-order valence-electron chi connectivity index (χ0n) is 21.4. The third-order valence-corrected chi connectivity index (χ3v) is 6.56. The number of carbonyl (C=O) groups is 2. The second-order valence-corrected chi connectivity index (χ2v) is 8.86. The van der Waals surface area contributed by atoms with E-state index in [0.29, 0.717) is 42.6 Å². The number of carbonyl (C=O) groups excluding carboxylic acids is 2. The fourth-order valence-corrected chi connectivity index (χ4v) is 4.16.